The molecule has 0 bridgehead atoms. The van der Waals surface area contributed by atoms with Crippen LogP contribution in [0, 0.1) is 11.8 Å². The van der Waals surface area contributed by atoms with Crippen molar-refractivity contribution in [2.75, 3.05) is 18.1 Å². The summed E-state index contributed by atoms with van der Waals surface area (Å²) in [4.78, 5) is 0. The van der Waals surface area contributed by atoms with Crippen LogP contribution < -0.4 is 5.32 Å². The highest BCUT2D eigenvalue weighted by molar-refractivity contribution is 7.99. The highest BCUT2D eigenvalue weighted by Gasteiger charge is 2.41. The smallest absolute Gasteiger partial charge is 0.314 e. The number of halogens is 3. The minimum absolute atomic E-state index is 0.307. The second-order valence-corrected chi connectivity index (χ2v) is 6.78. The first-order valence-corrected chi connectivity index (χ1v) is 8.09. The Kier molecular flexibility index (Phi) is 5.24. The molecule has 0 unspecified atom stereocenters. The van der Waals surface area contributed by atoms with Gasteiger partial charge in [-0.15, -0.1) is 0 Å². The Hall–Kier alpha value is 0.100. The molecule has 1 nitrogen and oxygen atoms in total. The lowest BCUT2D eigenvalue weighted by atomic mass is 9.85. The predicted molar refractivity (Wildman–Crippen MR) is 69.9 cm³/mol. The Balaban J connectivity index is 1.64. The highest BCUT2D eigenvalue weighted by atomic mass is 32.2. The summed E-state index contributed by atoms with van der Waals surface area (Å²) < 4.78 is 37.6. The Morgan fingerprint density at radius 1 is 0.944 bits per heavy atom. The maximum Gasteiger partial charge on any atom is 0.391 e. The van der Waals surface area contributed by atoms with Crippen molar-refractivity contribution in [3.63, 3.8) is 0 Å². The molecule has 0 radical (unpaired) electrons. The average Bonchev–Trinajstić information content (AvgIpc) is 2.37. The minimum Gasteiger partial charge on any atom is -0.314 e. The molecule has 18 heavy (non-hydrogen) atoms. The lowest BCUT2D eigenvalue weighted by molar-refractivity contribution is -0.182. The summed E-state index contributed by atoms with van der Waals surface area (Å²) in [6.45, 7) is 1.00. The normalized spacial score (nSPS) is 31.5. The van der Waals surface area contributed by atoms with Gasteiger partial charge >= 0.3 is 6.18 Å². The third-order valence-electron chi connectivity index (χ3n) is 4.23. The number of alkyl halides is 3. The molecule has 2 rings (SSSR count). The fourth-order valence-corrected chi connectivity index (χ4v) is 4.11. The first kappa shape index (κ1) is 14.5. The van der Waals surface area contributed by atoms with Crippen molar-refractivity contribution in [2.24, 2.45) is 11.8 Å². The van der Waals surface area contributed by atoms with Gasteiger partial charge in [-0.2, -0.15) is 24.9 Å². The van der Waals surface area contributed by atoms with E-state index < -0.39 is 12.1 Å². The predicted octanol–water partition coefficient (Wildman–Crippen LogP) is 3.84. The Morgan fingerprint density at radius 3 is 2.11 bits per heavy atom. The molecule has 1 heterocycles. The molecule has 0 aromatic rings. The molecular weight excluding hydrogens is 259 g/mol. The van der Waals surface area contributed by atoms with Gasteiger partial charge in [0.2, 0.25) is 0 Å². The zero-order valence-electron chi connectivity index (χ0n) is 10.6. The molecule has 0 atom stereocenters. The topological polar surface area (TPSA) is 12.0 Å². The van der Waals surface area contributed by atoms with Crippen LogP contribution in [0.15, 0.2) is 0 Å². The van der Waals surface area contributed by atoms with Crippen molar-refractivity contribution in [1.29, 1.82) is 0 Å². The molecule has 0 aromatic carbocycles. The molecule has 1 saturated carbocycles. The standard InChI is InChI=1S/C13H22F3NS/c14-13(15,16)11-1-3-12(4-2-11)17-9-10-5-7-18-8-6-10/h10-12,17H,1-9H2. The molecule has 0 amide bonds. The van der Waals surface area contributed by atoms with Gasteiger partial charge in [0.15, 0.2) is 0 Å². The second-order valence-electron chi connectivity index (χ2n) is 5.55. The molecule has 0 spiro atoms. The molecule has 2 aliphatic rings. The third kappa shape index (κ3) is 4.34. The van der Waals surface area contributed by atoms with E-state index in [9.17, 15) is 13.2 Å². The van der Waals surface area contributed by atoms with Gasteiger partial charge in [-0.05, 0) is 62.5 Å². The Labute approximate surface area is 111 Å². The van der Waals surface area contributed by atoms with Crippen LogP contribution in [0.2, 0.25) is 0 Å². The van der Waals surface area contributed by atoms with E-state index in [1.807, 2.05) is 11.8 Å². The lowest BCUT2D eigenvalue weighted by Crippen LogP contribution is -2.39. The summed E-state index contributed by atoms with van der Waals surface area (Å²) in [7, 11) is 0. The Bertz CT molecular complexity index is 243. The van der Waals surface area contributed by atoms with Gasteiger partial charge in [-0.25, -0.2) is 0 Å². The zero-order chi connectivity index (χ0) is 13.0. The van der Waals surface area contributed by atoms with Gasteiger partial charge in [0, 0.05) is 6.04 Å². The maximum absolute atomic E-state index is 12.5. The van der Waals surface area contributed by atoms with Gasteiger partial charge in [-0.3, -0.25) is 0 Å². The molecule has 5 heteroatoms. The van der Waals surface area contributed by atoms with Crippen molar-refractivity contribution in [3.8, 4) is 0 Å². The maximum atomic E-state index is 12.5. The van der Waals surface area contributed by atoms with Gasteiger partial charge in [-0.1, -0.05) is 0 Å². The first-order chi connectivity index (χ1) is 8.55. The van der Waals surface area contributed by atoms with Crippen LogP contribution in [0.25, 0.3) is 0 Å². The van der Waals surface area contributed by atoms with Gasteiger partial charge < -0.3 is 5.32 Å². The van der Waals surface area contributed by atoms with Gasteiger partial charge in [0.05, 0.1) is 5.92 Å². The van der Waals surface area contributed by atoms with E-state index in [0.29, 0.717) is 31.7 Å². The van der Waals surface area contributed by atoms with E-state index >= 15 is 0 Å². The molecule has 1 aliphatic heterocycles. The number of rotatable bonds is 3. The number of thioether (sulfide) groups is 1. The third-order valence-corrected chi connectivity index (χ3v) is 5.27. The molecule has 1 N–H and O–H groups in total. The zero-order valence-corrected chi connectivity index (χ0v) is 11.5. The summed E-state index contributed by atoms with van der Waals surface area (Å²) in [5, 5.41) is 3.49. The van der Waals surface area contributed by atoms with Crippen LogP contribution in [-0.2, 0) is 0 Å². The quantitative estimate of drug-likeness (QED) is 0.843. The second kappa shape index (κ2) is 6.51. The molecule has 2 fully saturated rings. The SMILES string of the molecule is FC(F)(F)C1CCC(NCC2CCSCC2)CC1. The van der Waals surface area contributed by atoms with E-state index in [0.717, 1.165) is 12.5 Å². The minimum atomic E-state index is -3.98. The van der Waals surface area contributed by atoms with Gasteiger partial charge in [0.25, 0.3) is 0 Å². The van der Waals surface area contributed by atoms with Crippen molar-refractivity contribution < 1.29 is 13.2 Å². The monoisotopic (exact) mass is 281 g/mol. The van der Waals surface area contributed by atoms with Crippen molar-refractivity contribution in [2.45, 2.75) is 50.7 Å². The summed E-state index contributed by atoms with van der Waals surface area (Å²) in [5.74, 6) is 2.17. The summed E-state index contributed by atoms with van der Waals surface area (Å²) in [6.07, 6.45) is 0.525. The van der Waals surface area contributed by atoms with Crippen LogP contribution in [0.4, 0.5) is 13.2 Å². The first-order valence-electron chi connectivity index (χ1n) is 6.93. The van der Waals surface area contributed by atoms with Crippen LogP contribution in [0.3, 0.4) is 0 Å². The van der Waals surface area contributed by atoms with E-state index in [4.69, 9.17) is 0 Å². The van der Waals surface area contributed by atoms with E-state index in [1.165, 1.54) is 24.3 Å². The Morgan fingerprint density at radius 2 is 1.56 bits per heavy atom. The number of nitrogens with one attached hydrogen (secondary N) is 1. The molecule has 1 aliphatic carbocycles. The molecule has 106 valence electrons. The van der Waals surface area contributed by atoms with E-state index in [1.54, 1.807) is 0 Å². The van der Waals surface area contributed by atoms with E-state index in [2.05, 4.69) is 5.32 Å². The van der Waals surface area contributed by atoms with Crippen molar-refractivity contribution in [1.82, 2.24) is 5.32 Å². The van der Waals surface area contributed by atoms with Gasteiger partial charge in [0.1, 0.15) is 0 Å². The fraction of sp³-hybridized carbons (Fsp3) is 1.00. The number of hydrogen-bond donors (Lipinski definition) is 1. The molecule has 1 saturated heterocycles. The summed E-state index contributed by atoms with van der Waals surface area (Å²) in [6, 6.07) is 0.318. The highest BCUT2D eigenvalue weighted by Crippen LogP contribution is 2.37. The lowest BCUT2D eigenvalue weighted by Gasteiger charge is -2.32. The van der Waals surface area contributed by atoms with Crippen LogP contribution in [0.1, 0.15) is 38.5 Å². The summed E-state index contributed by atoms with van der Waals surface area (Å²) >= 11 is 2.01. The molecule has 0 aromatic heterocycles. The van der Waals surface area contributed by atoms with Crippen molar-refractivity contribution >= 4 is 11.8 Å². The number of hydrogen-bond acceptors (Lipinski definition) is 2. The largest absolute Gasteiger partial charge is 0.391 e. The van der Waals surface area contributed by atoms with Crippen LogP contribution >= 0.6 is 11.8 Å². The van der Waals surface area contributed by atoms with E-state index in [-0.39, 0.29) is 0 Å². The summed E-state index contributed by atoms with van der Waals surface area (Å²) in [5.41, 5.74) is 0. The fourth-order valence-electron chi connectivity index (χ4n) is 2.91. The molecular formula is C13H22F3NS. The van der Waals surface area contributed by atoms with Crippen molar-refractivity contribution in [3.05, 3.63) is 0 Å². The van der Waals surface area contributed by atoms with Crippen LogP contribution in [-0.4, -0.2) is 30.3 Å². The van der Waals surface area contributed by atoms with Crippen LogP contribution in [0.5, 0.6) is 0 Å². The average molecular weight is 281 g/mol.